The highest BCUT2D eigenvalue weighted by molar-refractivity contribution is 9.10. The Hall–Kier alpha value is -1.11. The summed E-state index contributed by atoms with van der Waals surface area (Å²) in [4.78, 5) is 3.91. The molecule has 1 heterocycles. The first kappa shape index (κ1) is 13.3. The van der Waals surface area contributed by atoms with Crippen LogP contribution < -0.4 is 4.72 Å². The van der Waals surface area contributed by atoms with Gasteiger partial charge in [0.15, 0.2) is 0 Å². The maximum atomic E-state index is 12.1. The summed E-state index contributed by atoms with van der Waals surface area (Å²) in [6.45, 7) is 0. The molecule has 0 amide bonds. The van der Waals surface area contributed by atoms with E-state index in [9.17, 15) is 8.42 Å². The molecule has 0 fully saturated rings. The highest BCUT2D eigenvalue weighted by Gasteiger charge is 2.18. The summed E-state index contributed by atoms with van der Waals surface area (Å²) in [6, 6.07) is 9.51. The van der Waals surface area contributed by atoms with Gasteiger partial charge in [-0.25, -0.2) is 13.4 Å². The molecule has 0 saturated carbocycles. The predicted octanol–water partition coefficient (Wildman–Crippen LogP) is 3.30. The molecule has 0 bridgehead atoms. The molecule has 2 aromatic rings. The second-order valence-electron chi connectivity index (χ2n) is 3.40. The minimum atomic E-state index is -3.73. The number of hydrogen-bond donors (Lipinski definition) is 1. The smallest absolute Gasteiger partial charge is 0.263 e. The summed E-state index contributed by atoms with van der Waals surface area (Å²) in [7, 11) is -3.73. The number of rotatable bonds is 3. The van der Waals surface area contributed by atoms with Crippen LogP contribution in [0.3, 0.4) is 0 Å². The molecular formula is C11H8BrClN2O2S. The molecule has 0 unspecified atom stereocenters. The van der Waals surface area contributed by atoms with Gasteiger partial charge in [0.2, 0.25) is 0 Å². The highest BCUT2D eigenvalue weighted by Crippen LogP contribution is 2.26. The van der Waals surface area contributed by atoms with E-state index in [4.69, 9.17) is 11.6 Å². The maximum Gasteiger partial charge on any atom is 0.264 e. The van der Waals surface area contributed by atoms with Crippen molar-refractivity contribution in [2.75, 3.05) is 4.72 Å². The fourth-order valence-electron chi connectivity index (χ4n) is 1.31. The average Bonchev–Trinajstić information content (AvgIpc) is 2.29. The van der Waals surface area contributed by atoms with Crippen molar-refractivity contribution in [1.82, 2.24) is 4.98 Å². The van der Waals surface area contributed by atoms with Crippen LogP contribution in [0.2, 0.25) is 5.02 Å². The van der Waals surface area contributed by atoms with E-state index in [1.807, 2.05) is 0 Å². The number of halogens is 2. The van der Waals surface area contributed by atoms with E-state index in [2.05, 4.69) is 25.6 Å². The Morgan fingerprint density at radius 1 is 1.22 bits per heavy atom. The third kappa shape index (κ3) is 3.01. The average molecular weight is 348 g/mol. The first-order chi connectivity index (χ1) is 8.49. The lowest BCUT2D eigenvalue weighted by molar-refractivity contribution is 0.601. The molecule has 1 aromatic heterocycles. The molecule has 1 aromatic carbocycles. The summed E-state index contributed by atoms with van der Waals surface area (Å²) in [6.07, 6.45) is 1.50. The van der Waals surface area contributed by atoms with Gasteiger partial charge in [-0.1, -0.05) is 33.6 Å². The SMILES string of the molecule is O=S(=O)(Nc1ccccn1)c1ccc(Br)cc1Cl. The first-order valence-electron chi connectivity index (χ1n) is 4.88. The molecule has 0 spiro atoms. The van der Waals surface area contributed by atoms with Gasteiger partial charge in [-0.2, -0.15) is 0 Å². The third-order valence-electron chi connectivity index (χ3n) is 2.09. The van der Waals surface area contributed by atoms with Crippen LogP contribution in [0.4, 0.5) is 5.82 Å². The molecule has 0 aliphatic rings. The van der Waals surface area contributed by atoms with E-state index in [0.717, 1.165) is 0 Å². The molecule has 7 heteroatoms. The van der Waals surface area contributed by atoms with Crippen LogP contribution in [0.1, 0.15) is 0 Å². The van der Waals surface area contributed by atoms with E-state index in [-0.39, 0.29) is 15.7 Å². The van der Waals surface area contributed by atoms with E-state index in [1.54, 1.807) is 24.3 Å². The topological polar surface area (TPSA) is 59.1 Å². The lowest BCUT2D eigenvalue weighted by atomic mass is 10.4. The number of anilines is 1. The van der Waals surface area contributed by atoms with Crippen molar-refractivity contribution < 1.29 is 8.42 Å². The second-order valence-corrected chi connectivity index (χ2v) is 6.37. The Balaban J connectivity index is 2.37. The summed E-state index contributed by atoms with van der Waals surface area (Å²) in [5, 5.41) is 0.146. The van der Waals surface area contributed by atoms with Gasteiger partial charge in [-0.15, -0.1) is 0 Å². The Kier molecular flexibility index (Phi) is 3.89. The zero-order chi connectivity index (χ0) is 13.2. The molecule has 2 rings (SSSR count). The summed E-state index contributed by atoms with van der Waals surface area (Å²) < 4.78 is 27.2. The van der Waals surface area contributed by atoms with Gasteiger partial charge < -0.3 is 0 Å². The highest BCUT2D eigenvalue weighted by atomic mass is 79.9. The van der Waals surface area contributed by atoms with Crippen LogP contribution in [-0.2, 0) is 10.0 Å². The Morgan fingerprint density at radius 3 is 2.61 bits per heavy atom. The lowest BCUT2D eigenvalue weighted by Gasteiger charge is -2.08. The van der Waals surface area contributed by atoms with E-state index >= 15 is 0 Å². The Bertz CT molecular complexity index is 662. The third-order valence-corrected chi connectivity index (χ3v) is 4.42. The molecule has 0 saturated heterocycles. The molecule has 4 nitrogen and oxygen atoms in total. The summed E-state index contributed by atoms with van der Waals surface area (Å²) >= 11 is 9.13. The number of nitrogens with zero attached hydrogens (tertiary/aromatic N) is 1. The summed E-state index contributed by atoms with van der Waals surface area (Å²) in [5.74, 6) is 0.247. The fraction of sp³-hybridized carbons (Fsp3) is 0. The van der Waals surface area contributed by atoms with Gasteiger partial charge in [-0.05, 0) is 30.3 Å². The van der Waals surface area contributed by atoms with Crippen molar-refractivity contribution in [3.05, 3.63) is 52.1 Å². The normalized spacial score (nSPS) is 11.2. The van der Waals surface area contributed by atoms with Crippen LogP contribution in [0.5, 0.6) is 0 Å². The number of benzene rings is 1. The first-order valence-corrected chi connectivity index (χ1v) is 7.53. The van der Waals surface area contributed by atoms with Crippen molar-refractivity contribution in [2.24, 2.45) is 0 Å². The minimum Gasteiger partial charge on any atom is -0.263 e. The fourth-order valence-corrected chi connectivity index (χ4v) is 3.36. The van der Waals surface area contributed by atoms with Crippen LogP contribution >= 0.6 is 27.5 Å². The molecule has 0 atom stereocenters. The zero-order valence-corrected chi connectivity index (χ0v) is 12.1. The molecule has 0 radical (unpaired) electrons. The van der Waals surface area contributed by atoms with Gasteiger partial charge >= 0.3 is 0 Å². The van der Waals surface area contributed by atoms with Gasteiger partial charge in [0.1, 0.15) is 10.7 Å². The minimum absolute atomic E-state index is 0.0121. The Morgan fingerprint density at radius 2 is 2.00 bits per heavy atom. The van der Waals surface area contributed by atoms with Gasteiger partial charge in [0.05, 0.1) is 5.02 Å². The molecule has 0 aliphatic carbocycles. The molecule has 1 N–H and O–H groups in total. The molecule has 18 heavy (non-hydrogen) atoms. The number of nitrogens with one attached hydrogen (secondary N) is 1. The number of pyridine rings is 1. The monoisotopic (exact) mass is 346 g/mol. The van der Waals surface area contributed by atoms with E-state index in [0.29, 0.717) is 4.47 Å². The van der Waals surface area contributed by atoms with Crippen LogP contribution in [0.25, 0.3) is 0 Å². The van der Waals surface area contributed by atoms with Crippen molar-refractivity contribution in [3.63, 3.8) is 0 Å². The maximum absolute atomic E-state index is 12.1. The molecular weight excluding hydrogens is 340 g/mol. The van der Waals surface area contributed by atoms with E-state index < -0.39 is 10.0 Å². The predicted molar refractivity (Wildman–Crippen MR) is 74.2 cm³/mol. The quantitative estimate of drug-likeness (QED) is 0.927. The molecule has 0 aliphatic heterocycles. The van der Waals surface area contributed by atoms with Gasteiger partial charge in [0.25, 0.3) is 10.0 Å². The number of sulfonamides is 1. The van der Waals surface area contributed by atoms with Crippen LogP contribution in [-0.4, -0.2) is 13.4 Å². The van der Waals surface area contributed by atoms with Crippen molar-refractivity contribution in [3.8, 4) is 0 Å². The zero-order valence-electron chi connectivity index (χ0n) is 8.97. The lowest BCUT2D eigenvalue weighted by Crippen LogP contribution is -2.14. The van der Waals surface area contributed by atoms with Gasteiger partial charge in [0, 0.05) is 10.7 Å². The molecule has 94 valence electrons. The van der Waals surface area contributed by atoms with E-state index in [1.165, 1.54) is 18.3 Å². The standard InChI is InChI=1S/C11H8BrClN2O2S/c12-8-4-5-10(9(13)7-8)18(16,17)15-11-3-1-2-6-14-11/h1-7H,(H,14,15). The van der Waals surface area contributed by atoms with Crippen LogP contribution in [0.15, 0.2) is 52.0 Å². The van der Waals surface area contributed by atoms with Gasteiger partial charge in [-0.3, -0.25) is 4.72 Å². The van der Waals surface area contributed by atoms with Crippen molar-refractivity contribution in [2.45, 2.75) is 4.90 Å². The van der Waals surface area contributed by atoms with Crippen molar-refractivity contribution in [1.29, 1.82) is 0 Å². The van der Waals surface area contributed by atoms with Crippen molar-refractivity contribution >= 4 is 43.4 Å². The summed E-state index contributed by atoms with van der Waals surface area (Å²) in [5.41, 5.74) is 0. The Labute approximate surface area is 118 Å². The van der Waals surface area contributed by atoms with Crippen LogP contribution in [0, 0.1) is 0 Å². The largest absolute Gasteiger partial charge is 0.264 e. The number of hydrogen-bond acceptors (Lipinski definition) is 3. The number of aromatic nitrogens is 1. The second kappa shape index (κ2) is 5.26.